The van der Waals surface area contributed by atoms with Crippen molar-refractivity contribution >= 4 is 39.4 Å². The van der Waals surface area contributed by atoms with E-state index >= 15 is 0 Å². The van der Waals surface area contributed by atoms with E-state index in [4.69, 9.17) is 20.3 Å². The molecule has 0 radical (unpaired) electrons. The lowest BCUT2D eigenvalue weighted by Gasteiger charge is -2.58. The van der Waals surface area contributed by atoms with E-state index in [2.05, 4.69) is 33.8 Å². The van der Waals surface area contributed by atoms with E-state index in [0.29, 0.717) is 10.7 Å². The van der Waals surface area contributed by atoms with E-state index in [1.165, 1.54) is 67.9 Å². The summed E-state index contributed by atoms with van der Waals surface area (Å²) in [5, 5.41) is 1.34. The second-order valence-corrected chi connectivity index (χ2v) is 15.8. The summed E-state index contributed by atoms with van der Waals surface area (Å²) in [4.78, 5) is 41.2. The van der Waals surface area contributed by atoms with Gasteiger partial charge in [0.25, 0.3) is 11.8 Å². The zero-order valence-electron chi connectivity index (χ0n) is 25.5. The topological polar surface area (TPSA) is 72.9 Å². The maximum Gasteiger partial charge on any atom is 0.308 e. The molecular weight excluding hydrogens is 558 g/mol. The highest BCUT2D eigenvalue weighted by Crippen LogP contribution is 2.67. The van der Waals surface area contributed by atoms with Gasteiger partial charge in [0.15, 0.2) is 0 Å². The molecule has 4 fully saturated rings. The van der Waals surface area contributed by atoms with Gasteiger partial charge in [-0.2, -0.15) is 5.06 Å². The predicted molar refractivity (Wildman–Crippen MR) is 163 cm³/mol. The van der Waals surface area contributed by atoms with Gasteiger partial charge in [0.2, 0.25) is 0 Å². The van der Waals surface area contributed by atoms with E-state index in [9.17, 15) is 14.4 Å². The molecule has 0 spiro atoms. The van der Waals surface area contributed by atoms with E-state index < -0.39 is 0 Å². The number of hydroxylamine groups is 2. The maximum absolute atomic E-state index is 12.6. The maximum atomic E-state index is 12.6. The van der Waals surface area contributed by atoms with Crippen LogP contribution in [0.1, 0.15) is 118 Å². The second kappa shape index (κ2) is 12.9. The van der Waals surface area contributed by atoms with Gasteiger partial charge in [-0.15, -0.1) is 0 Å². The molecule has 1 aliphatic heterocycles. The summed E-state index contributed by atoms with van der Waals surface area (Å²) in [6.45, 7) is 9.87. The lowest BCUT2D eigenvalue weighted by molar-refractivity contribution is -0.190. The lowest BCUT2D eigenvalue weighted by Crippen LogP contribution is -2.51. The van der Waals surface area contributed by atoms with Crippen molar-refractivity contribution in [3.05, 3.63) is 11.6 Å². The van der Waals surface area contributed by atoms with Gasteiger partial charge in [-0.3, -0.25) is 19.2 Å². The molecule has 230 valence electrons. The molecule has 9 unspecified atom stereocenters. The van der Waals surface area contributed by atoms with E-state index in [-0.39, 0.29) is 55.2 Å². The number of carbonyl (C=O) groups excluding carboxylic acids is 3. The highest BCUT2D eigenvalue weighted by atomic mass is 35.7. The third-order valence-electron chi connectivity index (χ3n) is 12.1. The molecular formula is C33H50ClNO5S. The number of hydrogen-bond donors (Lipinski definition) is 0. The number of amides is 2. The Morgan fingerprint density at radius 2 is 1.83 bits per heavy atom. The van der Waals surface area contributed by atoms with E-state index in [1.54, 1.807) is 0 Å². The Kier molecular flexibility index (Phi) is 9.87. The molecule has 41 heavy (non-hydrogen) atoms. The first kappa shape index (κ1) is 31.4. The van der Waals surface area contributed by atoms with Gasteiger partial charge >= 0.3 is 5.97 Å². The third-order valence-corrected chi connectivity index (χ3v) is 13.5. The largest absolute Gasteiger partial charge is 0.462 e. The molecule has 0 bridgehead atoms. The van der Waals surface area contributed by atoms with Crippen molar-refractivity contribution in [3.63, 3.8) is 0 Å². The summed E-state index contributed by atoms with van der Waals surface area (Å²) in [7, 11) is 7.45. The van der Waals surface area contributed by atoms with Gasteiger partial charge in [-0.25, -0.2) is 0 Å². The van der Waals surface area contributed by atoms with Crippen LogP contribution in [-0.2, 0) is 24.0 Å². The molecule has 5 rings (SSSR count). The molecule has 6 nitrogen and oxygen atoms in total. The Labute approximate surface area is 255 Å². The molecule has 0 aromatic carbocycles. The van der Waals surface area contributed by atoms with Crippen LogP contribution in [0.3, 0.4) is 0 Å². The van der Waals surface area contributed by atoms with Crippen LogP contribution in [0.5, 0.6) is 0 Å². The Bertz CT molecular complexity index is 1020. The Morgan fingerprint density at radius 3 is 2.56 bits per heavy atom. The number of ether oxygens (including phenoxy) is 1. The van der Waals surface area contributed by atoms with Crippen LogP contribution in [0.15, 0.2) is 11.6 Å². The van der Waals surface area contributed by atoms with Crippen molar-refractivity contribution in [2.75, 3.05) is 6.61 Å². The number of esters is 1. The van der Waals surface area contributed by atoms with E-state index in [1.807, 2.05) is 0 Å². The normalized spacial score (nSPS) is 38.1. The third kappa shape index (κ3) is 6.29. The second-order valence-electron chi connectivity index (χ2n) is 14.3. The van der Waals surface area contributed by atoms with Crippen LogP contribution in [0.2, 0.25) is 0 Å². The molecule has 0 N–H and O–H groups in total. The molecule has 3 saturated carbocycles. The van der Waals surface area contributed by atoms with Crippen molar-refractivity contribution in [2.24, 2.45) is 40.4 Å². The molecule has 9 atom stereocenters. The number of halogens is 1. The molecule has 1 saturated heterocycles. The number of imide groups is 1. The quantitative estimate of drug-likeness (QED) is 0.134. The Balaban J connectivity index is 1.15. The minimum absolute atomic E-state index is 0.0153. The van der Waals surface area contributed by atoms with Crippen LogP contribution >= 0.6 is 21.7 Å². The zero-order chi connectivity index (χ0) is 29.4. The van der Waals surface area contributed by atoms with Gasteiger partial charge in [-0.1, -0.05) is 63.2 Å². The first-order valence-corrected chi connectivity index (χ1v) is 17.9. The number of carbonyl (C=O) groups is 3. The van der Waals surface area contributed by atoms with Gasteiger partial charge in [0.05, 0.1) is 13.0 Å². The first-order valence-electron chi connectivity index (χ1n) is 16.2. The average molecular weight is 608 g/mol. The van der Waals surface area contributed by atoms with Crippen molar-refractivity contribution < 1.29 is 24.0 Å². The van der Waals surface area contributed by atoms with Gasteiger partial charge < -0.3 is 4.74 Å². The first-order chi connectivity index (χ1) is 19.6. The molecule has 2 amide bonds. The van der Waals surface area contributed by atoms with Crippen LogP contribution in [0.4, 0.5) is 0 Å². The SMILES string of the molecule is CC(CCCC(C)C1CCC2C3CC=C4CC(OC(=O)CCON5C(=O)CCC5=O)CCC4(C)C3CCC12C)SCl. The van der Waals surface area contributed by atoms with Gasteiger partial charge in [0, 0.05) is 24.5 Å². The van der Waals surface area contributed by atoms with Crippen LogP contribution in [0.25, 0.3) is 0 Å². The van der Waals surface area contributed by atoms with Crippen molar-refractivity contribution in [1.29, 1.82) is 0 Å². The number of nitrogens with zero attached hydrogens (tertiary/aromatic N) is 1. The number of allylic oxidation sites excluding steroid dienone is 1. The summed E-state index contributed by atoms with van der Waals surface area (Å²) < 4.78 is 5.86. The highest BCUT2D eigenvalue weighted by Gasteiger charge is 2.59. The fourth-order valence-electron chi connectivity index (χ4n) is 9.84. The van der Waals surface area contributed by atoms with E-state index in [0.717, 1.165) is 53.9 Å². The molecule has 0 aromatic rings. The molecule has 5 aliphatic rings. The molecule has 8 heteroatoms. The molecule has 0 aromatic heterocycles. The number of rotatable bonds is 11. The molecule has 4 aliphatic carbocycles. The lowest BCUT2D eigenvalue weighted by atomic mass is 9.47. The fourth-order valence-corrected chi connectivity index (χ4v) is 10.4. The minimum atomic E-state index is -0.338. The minimum Gasteiger partial charge on any atom is -0.462 e. The number of fused-ring (bicyclic) bond motifs is 5. The standard InChI is InChI=1S/C33H50ClNO5S/c1-21(6-5-7-22(2)41-34)26-10-11-27-25-9-8-23-20-24(14-17-32(23,3)28(25)15-18-33(26,27)4)40-31(38)16-19-39-35-29(36)12-13-30(35)37/h8,21-22,24-28H,5-7,9-20H2,1-4H3. The fraction of sp³-hybridized carbons (Fsp3) is 0.848. The summed E-state index contributed by atoms with van der Waals surface area (Å²) in [5.41, 5.74) is 2.19. The van der Waals surface area contributed by atoms with Crippen LogP contribution in [-0.4, -0.2) is 40.8 Å². The predicted octanol–water partition coefficient (Wildman–Crippen LogP) is 8.03. The zero-order valence-corrected chi connectivity index (χ0v) is 27.1. The van der Waals surface area contributed by atoms with Crippen molar-refractivity contribution in [2.45, 2.75) is 129 Å². The summed E-state index contributed by atoms with van der Waals surface area (Å²) in [6, 6.07) is 0. The summed E-state index contributed by atoms with van der Waals surface area (Å²) >= 11 is 0. The van der Waals surface area contributed by atoms with Crippen molar-refractivity contribution in [1.82, 2.24) is 5.06 Å². The summed E-state index contributed by atoms with van der Waals surface area (Å²) in [5.74, 6) is 2.97. The van der Waals surface area contributed by atoms with Crippen LogP contribution < -0.4 is 0 Å². The smallest absolute Gasteiger partial charge is 0.308 e. The van der Waals surface area contributed by atoms with Gasteiger partial charge in [-0.05, 0) is 102 Å². The Morgan fingerprint density at radius 1 is 1.07 bits per heavy atom. The Hall–Kier alpha value is -1.05. The van der Waals surface area contributed by atoms with Crippen molar-refractivity contribution in [3.8, 4) is 0 Å². The highest BCUT2D eigenvalue weighted by molar-refractivity contribution is 8.21. The molecule has 1 heterocycles. The van der Waals surface area contributed by atoms with Gasteiger partial charge in [0.1, 0.15) is 6.10 Å². The number of hydrogen-bond acceptors (Lipinski definition) is 6. The van der Waals surface area contributed by atoms with Crippen LogP contribution in [0, 0.1) is 40.4 Å². The average Bonchev–Trinajstić information content (AvgIpc) is 3.46. The monoisotopic (exact) mass is 607 g/mol. The summed E-state index contributed by atoms with van der Waals surface area (Å²) in [6.07, 6.45) is 16.1.